The monoisotopic (exact) mass is 402 g/mol. The average molecular weight is 403 g/mol. The van der Waals surface area contributed by atoms with Crippen molar-refractivity contribution in [3.63, 3.8) is 0 Å². The van der Waals surface area contributed by atoms with Crippen LogP contribution in [0.15, 0.2) is 58.3 Å². The minimum absolute atomic E-state index is 0.297. The fourth-order valence-corrected chi connectivity index (χ4v) is 3.42. The summed E-state index contributed by atoms with van der Waals surface area (Å²) in [5.74, 6) is 0.0741. The third-order valence-electron chi connectivity index (χ3n) is 4.34. The number of carboxylic acid groups (broad SMARTS) is 1. The zero-order valence-electron chi connectivity index (χ0n) is 13.7. The van der Waals surface area contributed by atoms with Crippen molar-refractivity contribution in [1.29, 1.82) is 0 Å². The molecule has 2 aromatic rings. The Balaban J connectivity index is 1.71. The van der Waals surface area contributed by atoms with E-state index in [0.717, 1.165) is 40.1 Å². The number of rotatable bonds is 6. The highest BCUT2D eigenvalue weighted by molar-refractivity contribution is 9.10. The van der Waals surface area contributed by atoms with Crippen LogP contribution in [0.1, 0.15) is 24.8 Å². The minimum atomic E-state index is -0.964. The van der Waals surface area contributed by atoms with E-state index < -0.39 is 5.97 Å². The van der Waals surface area contributed by atoms with Crippen LogP contribution in [0.5, 0.6) is 5.75 Å². The molecule has 2 aromatic carbocycles. The van der Waals surface area contributed by atoms with Gasteiger partial charge in [0.25, 0.3) is 0 Å². The molecule has 2 N–H and O–H groups in total. The number of hydrogen-bond donors (Lipinski definition) is 2. The molecule has 130 valence electrons. The number of ether oxygens (including phenoxy) is 1. The second-order valence-electron chi connectivity index (χ2n) is 6.07. The number of benzene rings is 2. The van der Waals surface area contributed by atoms with Crippen molar-refractivity contribution in [3.8, 4) is 5.75 Å². The number of fused-ring (bicyclic) bond motifs is 1. The molecule has 25 heavy (non-hydrogen) atoms. The number of halogens is 1. The van der Waals surface area contributed by atoms with E-state index in [2.05, 4.69) is 15.9 Å². The maximum Gasteiger partial charge on any atom is 0.341 e. The summed E-state index contributed by atoms with van der Waals surface area (Å²) in [6.07, 6.45) is 7.03. The summed E-state index contributed by atoms with van der Waals surface area (Å²) in [4.78, 5) is 10.5. The summed E-state index contributed by atoms with van der Waals surface area (Å²) in [5, 5.41) is 21.1. The maximum atomic E-state index is 10.5. The van der Waals surface area contributed by atoms with Crippen molar-refractivity contribution in [1.82, 2.24) is 0 Å². The Hall–Kier alpha value is -2.27. The lowest BCUT2D eigenvalue weighted by Crippen LogP contribution is -2.08. The molecular weight excluding hydrogens is 384 g/mol. The van der Waals surface area contributed by atoms with Crippen LogP contribution >= 0.6 is 15.9 Å². The van der Waals surface area contributed by atoms with E-state index in [4.69, 9.17) is 9.84 Å². The summed E-state index contributed by atoms with van der Waals surface area (Å²) in [6.45, 7) is -0.297. The zero-order valence-corrected chi connectivity index (χ0v) is 15.3. The van der Waals surface area contributed by atoms with Gasteiger partial charge >= 0.3 is 5.97 Å². The molecule has 0 spiro atoms. The second-order valence-corrected chi connectivity index (χ2v) is 6.98. The molecule has 0 aliphatic heterocycles. The minimum Gasteiger partial charge on any atom is -0.508 e. The Morgan fingerprint density at radius 1 is 1.12 bits per heavy atom. The quantitative estimate of drug-likeness (QED) is 0.717. The van der Waals surface area contributed by atoms with Gasteiger partial charge < -0.3 is 14.9 Å². The van der Waals surface area contributed by atoms with Crippen molar-refractivity contribution in [2.75, 3.05) is 6.61 Å². The lowest BCUT2D eigenvalue weighted by Gasteiger charge is -2.16. The Bertz CT molecular complexity index is 867. The number of carbonyl (C=O) groups is 1. The Morgan fingerprint density at radius 3 is 2.68 bits per heavy atom. The van der Waals surface area contributed by atoms with Crippen LogP contribution in [-0.4, -0.2) is 22.8 Å². The summed E-state index contributed by atoms with van der Waals surface area (Å²) in [6, 6.07) is 9.74. The van der Waals surface area contributed by atoms with Gasteiger partial charge in [-0.05, 0) is 54.3 Å². The van der Waals surface area contributed by atoms with Crippen LogP contribution in [0, 0.1) is 0 Å². The van der Waals surface area contributed by atoms with Gasteiger partial charge in [0.15, 0.2) is 6.61 Å². The van der Waals surface area contributed by atoms with E-state index in [9.17, 15) is 9.90 Å². The van der Waals surface area contributed by atoms with Crippen molar-refractivity contribution in [2.24, 2.45) is 0 Å². The number of aryl methyl sites for hydroxylation is 1. The highest BCUT2D eigenvalue weighted by atomic mass is 79.9. The van der Waals surface area contributed by atoms with E-state index >= 15 is 0 Å². The molecule has 0 saturated carbocycles. The molecule has 0 unspecified atom stereocenters. The molecule has 0 heterocycles. The normalized spacial score (nSPS) is 14.1. The van der Waals surface area contributed by atoms with Gasteiger partial charge in [-0.2, -0.15) is 0 Å². The molecule has 1 aliphatic rings. The van der Waals surface area contributed by atoms with Gasteiger partial charge in [-0.25, -0.2) is 4.79 Å². The first-order valence-electron chi connectivity index (χ1n) is 8.16. The first-order chi connectivity index (χ1) is 12.0. The lowest BCUT2D eigenvalue weighted by molar-refractivity contribution is -0.140. The van der Waals surface area contributed by atoms with E-state index in [1.165, 1.54) is 5.57 Å². The number of phenolic OH excluding ortho intramolecular Hbond substituents is 1. The summed E-state index contributed by atoms with van der Waals surface area (Å²) >= 11 is 3.48. The van der Waals surface area contributed by atoms with Gasteiger partial charge in [-0.1, -0.05) is 39.7 Å². The van der Waals surface area contributed by atoms with Crippen LogP contribution in [0.3, 0.4) is 0 Å². The van der Waals surface area contributed by atoms with Gasteiger partial charge in [0, 0.05) is 16.5 Å². The Kier molecular flexibility index (Phi) is 5.43. The molecule has 3 rings (SSSR count). The molecule has 0 atom stereocenters. The average Bonchev–Trinajstić information content (AvgIpc) is 2.60. The van der Waals surface area contributed by atoms with Crippen molar-refractivity contribution >= 4 is 32.7 Å². The molecule has 0 radical (unpaired) electrons. The number of aliphatic carboxylic acids is 1. The number of carboxylic acids is 1. The fraction of sp³-hybridized carbons (Fsp3) is 0.250. The predicted molar refractivity (Wildman–Crippen MR) is 101 cm³/mol. The molecular formula is C20H19BrO4. The van der Waals surface area contributed by atoms with Gasteiger partial charge in [0.2, 0.25) is 0 Å². The van der Waals surface area contributed by atoms with E-state index in [1.54, 1.807) is 6.07 Å². The van der Waals surface area contributed by atoms with Gasteiger partial charge in [0.05, 0.1) is 5.76 Å². The lowest BCUT2D eigenvalue weighted by atomic mass is 9.94. The third-order valence-corrected chi connectivity index (χ3v) is 4.84. The van der Waals surface area contributed by atoms with Crippen molar-refractivity contribution in [3.05, 3.63) is 63.9 Å². The first kappa shape index (κ1) is 17.5. The highest BCUT2D eigenvalue weighted by Gasteiger charge is 2.12. The largest absolute Gasteiger partial charge is 0.508 e. The number of hydrogen-bond acceptors (Lipinski definition) is 3. The maximum absolute atomic E-state index is 10.5. The smallest absolute Gasteiger partial charge is 0.341 e. The number of allylic oxidation sites excluding steroid dienone is 4. The number of aromatic hydroxyl groups is 1. The molecule has 0 aromatic heterocycles. The van der Waals surface area contributed by atoms with Crippen LogP contribution in [0.4, 0.5) is 0 Å². The Morgan fingerprint density at radius 2 is 1.96 bits per heavy atom. The molecule has 0 amide bonds. The van der Waals surface area contributed by atoms with E-state index in [-0.39, 0.29) is 6.61 Å². The summed E-state index contributed by atoms with van der Waals surface area (Å²) in [5.41, 5.74) is 2.24. The molecule has 5 heteroatoms. The van der Waals surface area contributed by atoms with Crippen LogP contribution in [-0.2, 0) is 16.0 Å². The third kappa shape index (κ3) is 4.42. The SMILES string of the molecule is O=C(O)COC1=CC=C(CCc2c(O)ccc3cc(Br)ccc23)CC1. The van der Waals surface area contributed by atoms with Gasteiger partial charge in [-0.3, -0.25) is 0 Å². The molecule has 0 fully saturated rings. The van der Waals surface area contributed by atoms with E-state index in [1.807, 2.05) is 36.4 Å². The number of phenols is 1. The predicted octanol–water partition coefficient (Wildman–Crippen LogP) is 4.95. The van der Waals surface area contributed by atoms with Gasteiger partial charge in [-0.15, -0.1) is 0 Å². The Labute approximate surface area is 154 Å². The first-order valence-corrected chi connectivity index (χ1v) is 8.95. The van der Waals surface area contributed by atoms with Crippen LogP contribution in [0.25, 0.3) is 10.8 Å². The summed E-state index contributed by atoms with van der Waals surface area (Å²) < 4.78 is 6.24. The fourth-order valence-electron chi connectivity index (χ4n) is 3.05. The van der Waals surface area contributed by atoms with Crippen molar-refractivity contribution < 1.29 is 19.7 Å². The highest BCUT2D eigenvalue weighted by Crippen LogP contribution is 2.32. The topological polar surface area (TPSA) is 66.8 Å². The second kappa shape index (κ2) is 7.74. The van der Waals surface area contributed by atoms with Gasteiger partial charge in [0.1, 0.15) is 5.75 Å². The van der Waals surface area contributed by atoms with Crippen LogP contribution in [0.2, 0.25) is 0 Å². The molecule has 0 saturated heterocycles. The van der Waals surface area contributed by atoms with Crippen molar-refractivity contribution in [2.45, 2.75) is 25.7 Å². The van der Waals surface area contributed by atoms with Crippen LogP contribution < -0.4 is 0 Å². The molecule has 4 nitrogen and oxygen atoms in total. The molecule has 0 bridgehead atoms. The molecule has 1 aliphatic carbocycles. The van der Waals surface area contributed by atoms with E-state index in [0.29, 0.717) is 17.9 Å². The summed E-state index contributed by atoms with van der Waals surface area (Å²) in [7, 11) is 0. The zero-order chi connectivity index (χ0) is 17.8. The standard InChI is InChI=1S/C20H19BrO4/c21-15-5-9-17-14(11-15)4-10-19(22)18(17)8-3-13-1-6-16(7-2-13)25-12-20(23)24/h1,4-6,9-11,22H,2-3,7-8,12H2,(H,23,24).